The number of carbonyl (C=O) groups excluding carboxylic acids is 1. The summed E-state index contributed by atoms with van der Waals surface area (Å²) in [4.78, 5) is 16.4. The van der Waals surface area contributed by atoms with Crippen molar-refractivity contribution in [2.75, 3.05) is 39.3 Å². The molecule has 2 aliphatic heterocycles. The number of hydrogen-bond acceptors (Lipinski definition) is 2. The summed E-state index contributed by atoms with van der Waals surface area (Å²) in [5.41, 5.74) is 0. The average Bonchev–Trinajstić information content (AvgIpc) is 2.82. The van der Waals surface area contributed by atoms with E-state index in [-0.39, 0.29) is 6.04 Å². The molecule has 1 unspecified atom stereocenters. The average molecular weight is 210 g/mol. The lowest BCUT2D eigenvalue weighted by molar-refractivity contribution is -0.135. The summed E-state index contributed by atoms with van der Waals surface area (Å²) < 4.78 is 0. The van der Waals surface area contributed by atoms with Crippen molar-refractivity contribution < 1.29 is 4.79 Å². The summed E-state index contributed by atoms with van der Waals surface area (Å²) in [6, 6.07) is 0.0543. The van der Waals surface area contributed by atoms with Crippen LogP contribution in [0.2, 0.25) is 0 Å². The van der Waals surface area contributed by atoms with Crippen LogP contribution in [0.25, 0.3) is 0 Å². The van der Waals surface area contributed by atoms with Crippen LogP contribution in [-0.2, 0) is 4.79 Å². The molecule has 0 aromatic carbocycles. The van der Waals surface area contributed by atoms with Crippen LogP contribution in [-0.4, -0.2) is 61.0 Å². The molecular formula is C11H20N3O. The highest BCUT2D eigenvalue weighted by Crippen LogP contribution is 2.12. The summed E-state index contributed by atoms with van der Waals surface area (Å²) >= 11 is 0. The van der Waals surface area contributed by atoms with Crippen LogP contribution in [0.1, 0.15) is 19.8 Å². The molecule has 0 spiro atoms. The molecule has 2 aliphatic rings. The fourth-order valence-electron chi connectivity index (χ4n) is 2.37. The fourth-order valence-corrected chi connectivity index (χ4v) is 2.37. The third-order valence-corrected chi connectivity index (χ3v) is 3.41. The van der Waals surface area contributed by atoms with Crippen molar-refractivity contribution in [3.8, 4) is 0 Å². The highest BCUT2D eigenvalue weighted by atomic mass is 16.2. The molecule has 1 atom stereocenters. The van der Waals surface area contributed by atoms with E-state index in [1.165, 1.54) is 12.8 Å². The van der Waals surface area contributed by atoms with E-state index in [4.69, 9.17) is 0 Å². The van der Waals surface area contributed by atoms with Crippen molar-refractivity contribution >= 4 is 5.91 Å². The van der Waals surface area contributed by atoms with Gasteiger partial charge in [0.15, 0.2) is 0 Å². The molecule has 0 saturated carbocycles. The van der Waals surface area contributed by atoms with Crippen LogP contribution in [0.5, 0.6) is 0 Å². The first-order chi connectivity index (χ1) is 7.29. The van der Waals surface area contributed by atoms with Crippen LogP contribution < -0.4 is 5.32 Å². The highest BCUT2D eigenvalue weighted by molar-refractivity contribution is 5.81. The van der Waals surface area contributed by atoms with Gasteiger partial charge in [-0.05, 0) is 19.8 Å². The van der Waals surface area contributed by atoms with Gasteiger partial charge in [-0.15, -0.1) is 0 Å². The summed E-state index contributed by atoms with van der Waals surface area (Å²) in [6.45, 7) is 7.62. The molecule has 1 radical (unpaired) electrons. The van der Waals surface area contributed by atoms with Gasteiger partial charge in [0.2, 0.25) is 5.91 Å². The number of likely N-dealkylation sites (tertiary alicyclic amines) is 1. The molecule has 4 nitrogen and oxygen atoms in total. The zero-order valence-corrected chi connectivity index (χ0v) is 9.48. The summed E-state index contributed by atoms with van der Waals surface area (Å²) in [6.07, 6.45) is 2.35. The normalized spacial score (nSPS) is 25.5. The minimum atomic E-state index is 0.0543. The predicted octanol–water partition coefficient (Wildman–Crippen LogP) is -0.0827. The predicted molar refractivity (Wildman–Crippen MR) is 58.7 cm³/mol. The van der Waals surface area contributed by atoms with Crippen LogP contribution in [0.3, 0.4) is 0 Å². The molecule has 1 amide bonds. The Labute approximate surface area is 91.6 Å². The van der Waals surface area contributed by atoms with E-state index < -0.39 is 0 Å². The second kappa shape index (κ2) is 4.94. The number of carbonyl (C=O) groups is 1. The number of piperazine rings is 1. The minimum Gasteiger partial charge on any atom is -0.341 e. The molecule has 0 N–H and O–H groups in total. The molecule has 2 fully saturated rings. The molecule has 0 aromatic rings. The number of nitrogens with zero attached hydrogens (tertiary/aromatic N) is 3. The van der Waals surface area contributed by atoms with Crippen molar-refractivity contribution in [3.63, 3.8) is 0 Å². The lowest BCUT2D eigenvalue weighted by Crippen LogP contribution is -2.51. The Morgan fingerprint density at radius 3 is 2.33 bits per heavy atom. The van der Waals surface area contributed by atoms with Crippen molar-refractivity contribution in [2.24, 2.45) is 0 Å². The Balaban J connectivity index is 1.87. The molecule has 85 valence electrons. The van der Waals surface area contributed by atoms with E-state index in [2.05, 4.69) is 10.2 Å². The molecule has 4 heteroatoms. The van der Waals surface area contributed by atoms with E-state index in [1.807, 2.05) is 11.8 Å². The van der Waals surface area contributed by atoms with Gasteiger partial charge < -0.3 is 4.90 Å². The van der Waals surface area contributed by atoms with E-state index in [0.29, 0.717) is 5.91 Å². The van der Waals surface area contributed by atoms with Gasteiger partial charge in [0, 0.05) is 39.3 Å². The van der Waals surface area contributed by atoms with Gasteiger partial charge in [-0.1, -0.05) is 0 Å². The van der Waals surface area contributed by atoms with Gasteiger partial charge in [-0.2, -0.15) is 0 Å². The van der Waals surface area contributed by atoms with E-state index in [0.717, 1.165) is 39.3 Å². The Morgan fingerprint density at radius 1 is 1.13 bits per heavy atom. The van der Waals surface area contributed by atoms with Gasteiger partial charge in [0.25, 0.3) is 0 Å². The van der Waals surface area contributed by atoms with Gasteiger partial charge in [-0.3, -0.25) is 9.69 Å². The Morgan fingerprint density at radius 2 is 1.73 bits per heavy atom. The molecule has 2 saturated heterocycles. The lowest BCUT2D eigenvalue weighted by Gasteiger charge is -2.33. The van der Waals surface area contributed by atoms with E-state index in [1.54, 1.807) is 0 Å². The van der Waals surface area contributed by atoms with Crippen LogP contribution in [0.4, 0.5) is 0 Å². The van der Waals surface area contributed by atoms with Gasteiger partial charge in [0.05, 0.1) is 6.04 Å². The van der Waals surface area contributed by atoms with E-state index in [9.17, 15) is 4.79 Å². The standard InChI is InChI=1S/C11H20N3O/c1-10(13-8-4-12-5-9-13)11(15)14-6-2-3-7-14/h10H,2-9H2,1H3. The lowest BCUT2D eigenvalue weighted by atomic mass is 10.2. The van der Waals surface area contributed by atoms with Crippen molar-refractivity contribution in [2.45, 2.75) is 25.8 Å². The fraction of sp³-hybridized carbons (Fsp3) is 0.909. The highest BCUT2D eigenvalue weighted by Gasteiger charge is 2.28. The molecule has 2 heterocycles. The largest absolute Gasteiger partial charge is 0.341 e. The summed E-state index contributed by atoms with van der Waals surface area (Å²) in [7, 11) is 0. The summed E-state index contributed by atoms with van der Waals surface area (Å²) in [5.74, 6) is 0.314. The second-order valence-electron chi connectivity index (χ2n) is 4.42. The van der Waals surface area contributed by atoms with Crippen LogP contribution >= 0.6 is 0 Å². The smallest absolute Gasteiger partial charge is 0.239 e. The van der Waals surface area contributed by atoms with Gasteiger partial charge in [-0.25, -0.2) is 5.32 Å². The van der Waals surface area contributed by atoms with Gasteiger partial charge in [0.1, 0.15) is 0 Å². The maximum atomic E-state index is 12.1. The Bertz CT molecular complexity index is 220. The molecule has 0 aromatic heterocycles. The molecule has 2 rings (SSSR count). The quantitative estimate of drug-likeness (QED) is 0.639. The van der Waals surface area contributed by atoms with Crippen molar-refractivity contribution in [1.29, 1.82) is 0 Å². The minimum absolute atomic E-state index is 0.0543. The molecule has 15 heavy (non-hydrogen) atoms. The zero-order valence-electron chi connectivity index (χ0n) is 9.48. The number of hydrogen-bond donors (Lipinski definition) is 0. The molecule has 0 aliphatic carbocycles. The maximum absolute atomic E-state index is 12.1. The van der Waals surface area contributed by atoms with Crippen molar-refractivity contribution in [3.05, 3.63) is 0 Å². The third-order valence-electron chi connectivity index (χ3n) is 3.41. The first-order valence-electron chi connectivity index (χ1n) is 5.95. The number of rotatable bonds is 2. The Hall–Kier alpha value is -0.610. The van der Waals surface area contributed by atoms with Crippen LogP contribution in [0, 0.1) is 0 Å². The van der Waals surface area contributed by atoms with Crippen LogP contribution in [0.15, 0.2) is 0 Å². The molecular weight excluding hydrogens is 190 g/mol. The zero-order chi connectivity index (χ0) is 10.7. The van der Waals surface area contributed by atoms with E-state index >= 15 is 0 Å². The summed E-state index contributed by atoms with van der Waals surface area (Å²) in [5, 5.41) is 4.30. The molecule has 0 bridgehead atoms. The second-order valence-corrected chi connectivity index (χ2v) is 4.42. The Kier molecular flexibility index (Phi) is 3.59. The third kappa shape index (κ3) is 2.49. The van der Waals surface area contributed by atoms with Crippen molar-refractivity contribution in [1.82, 2.24) is 15.1 Å². The monoisotopic (exact) mass is 210 g/mol. The first kappa shape index (κ1) is 10.9. The van der Waals surface area contributed by atoms with Gasteiger partial charge >= 0.3 is 0 Å². The first-order valence-corrected chi connectivity index (χ1v) is 5.95. The topological polar surface area (TPSA) is 37.7 Å². The maximum Gasteiger partial charge on any atom is 0.239 e. The number of amides is 1. The SMILES string of the molecule is CC(C(=O)N1CCCC1)N1CC[N]CC1.